The Morgan fingerprint density at radius 1 is 1.45 bits per heavy atom. The number of rotatable bonds is 2. The highest BCUT2D eigenvalue weighted by Gasteiger charge is 2.73. The molecule has 2 bridgehead atoms. The zero-order chi connectivity index (χ0) is 8.28. The summed E-state index contributed by atoms with van der Waals surface area (Å²) in [5, 5.41) is 18.0. The van der Waals surface area contributed by atoms with Crippen molar-refractivity contribution in [3.63, 3.8) is 0 Å². The van der Waals surface area contributed by atoms with Gasteiger partial charge in [0.25, 0.3) is 0 Å². The van der Waals surface area contributed by atoms with Crippen molar-refractivity contribution in [2.45, 2.75) is 32.3 Å². The lowest BCUT2D eigenvalue weighted by Crippen LogP contribution is -2.69. The van der Waals surface area contributed by atoms with E-state index in [0.29, 0.717) is 19.3 Å². The largest absolute Gasteiger partial charge is 0.481 e. The van der Waals surface area contributed by atoms with Gasteiger partial charge in [0.2, 0.25) is 0 Å². The summed E-state index contributed by atoms with van der Waals surface area (Å²) >= 11 is 0. The van der Waals surface area contributed by atoms with Crippen LogP contribution in [0.25, 0.3) is 0 Å². The van der Waals surface area contributed by atoms with Crippen molar-refractivity contribution in [3.8, 4) is 0 Å². The van der Waals surface area contributed by atoms with Crippen LogP contribution in [0.4, 0.5) is 0 Å². The molecule has 11 heavy (non-hydrogen) atoms. The van der Waals surface area contributed by atoms with Crippen molar-refractivity contribution >= 4 is 5.97 Å². The summed E-state index contributed by atoms with van der Waals surface area (Å²) in [6.45, 7) is 1.75. The van der Waals surface area contributed by atoms with Crippen LogP contribution in [0.2, 0.25) is 0 Å². The lowest BCUT2D eigenvalue weighted by molar-refractivity contribution is -0.252. The molecule has 3 saturated carbocycles. The first-order chi connectivity index (χ1) is 5.01. The van der Waals surface area contributed by atoms with Crippen LogP contribution >= 0.6 is 0 Å². The molecule has 3 rings (SSSR count). The minimum Gasteiger partial charge on any atom is -0.481 e. The van der Waals surface area contributed by atoms with Gasteiger partial charge in [-0.2, -0.15) is 0 Å². The van der Waals surface area contributed by atoms with Crippen molar-refractivity contribution in [1.82, 2.24) is 0 Å². The summed E-state index contributed by atoms with van der Waals surface area (Å²) in [5.41, 5.74) is -0.449. The van der Waals surface area contributed by atoms with Gasteiger partial charge in [-0.3, -0.25) is 4.79 Å². The monoisotopic (exact) mass is 156 g/mol. The van der Waals surface area contributed by atoms with Crippen LogP contribution in [-0.4, -0.2) is 22.3 Å². The normalized spacial score (nSPS) is 48.9. The summed E-state index contributed by atoms with van der Waals surface area (Å²) in [4.78, 5) is 10.6. The van der Waals surface area contributed by atoms with Crippen molar-refractivity contribution in [3.05, 3.63) is 0 Å². The number of hydrogen-bond donors (Lipinski definition) is 2. The molecule has 0 spiro atoms. The van der Waals surface area contributed by atoms with E-state index < -0.39 is 11.4 Å². The Morgan fingerprint density at radius 3 is 2.18 bits per heavy atom. The van der Waals surface area contributed by atoms with Crippen LogP contribution in [0.3, 0.4) is 0 Å². The first-order valence-electron chi connectivity index (χ1n) is 3.92. The summed E-state index contributed by atoms with van der Waals surface area (Å²) < 4.78 is 0. The molecule has 3 aliphatic carbocycles. The summed E-state index contributed by atoms with van der Waals surface area (Å²) in [6, 6.07) is 0. The molecule has 3 nitrogen and oxygen atoms in total. The van der Waals surface area contributed by atoms with Crippen LogP contribution in [-0.2, 0) is 4.79 Å². The van der Waals surface area contributed by atoms with Gasteiger partial charge in [0.15, 0.2) is 0 Å². The Balaban J connectivity index is 2.04. The SMILES string of the molecule is CC(O)C12CC(C(=O)O)(C1)C2. The Labute approximate surface area is 65.0 Å². The van der Waals surface area contributed by atoms with Crippen LogP contribution < -0.4 is 0 Å². The Kier molecular flexibility index (Phi) is 1.04. The molecule has 62 valence electrons. The number of hydrogen-bond acceptors (Lipinski definition) is 2. The number of carboxylic acid groups (broad SMARTS) is 1. The van der Waals surface area contributed by atoms with Gasteiger partial charge in [-0.1, -0.05) is 0 Å². The second-order valence-electron chi connectivity index (χ2n) is 4.15. The summed E-state index contributed by atoms with van der Waals surface area (Å²) in [6.07, 6.45) is 1.73. The molecule has 0 aliphatic heterocycles. The predicted octanol–water partition coefficient (Wildman–Crippen LogP) is 0.622. The molecule has 3 heteroatoms. The minimum atomic E-state index is -0.681. The van der Waals surface area contributed by atoms with Crippen LogP contribution in [0.1, 0.15) is 26.2 Å². The predicted molar refractivity (Wildman–Crippen MR) is 38.0 cm³/mol. The van der Waals surface area contributed by atoms with E-state index in [4.69, 9.17) is 5.11 Å². The smallest absolute Gasteiger partial charge is 0.309 e. The van der Waals surface area contributed by atoms with Crippen molar-refractivity contribution in [2.24, 2.45) is 10.8 Å². The molecule has 0 radical (unpaired) electrons. The molecular formula is C8H12O3. The van der Waals surface area contributed by atoms with Gasteiger partial charge in [0.1, 0.15) is 0 Å². The molecule has 0 amide bonds. The molecular weight excluding hydrogens is 144 g/mol. The lowest BCUT2D eigenvalue weighted by atomic mass is 9.34. The van der Waals surface area contributed by atoms with Gasteiger partial charge >= 0.3 is 5.97 Å². The fourth-order valence-electron chi connectivity index (χ4n) is 2.54. The number of carbonyl (C=O) groups is 1. The fourth-order valence-corrected chi connectivity index (χ4v) is 2.54. The standard InChI is InChI=1S/C8H12O3/c1-5(9)7-2-8(3-7,4-7)6(10)11/h5,9H,2-4H2,1H3,(H,10,11). The van der Waals surface area contributed by atoms with Gasteiger partial charge in [-0.15, -0.1) is 0 Å². The first-order valence-corrected chi connectivity index (χ1v) is 3.92. The zero-order valence-corrected chi connectivity index (χ0v) is 6.50. The molecule has 1 unspecified atom stereocenters. The second kappa shape index (κ2) is 1.61. The molecule has 0 aromatic rings. The van der Waals surface area contributed by atoms with Crippen LogP contribution in [0.15, 0.2) is 0 Å². The third-order valence-electron chi connectivity index (χ3n) is 3.41. The Bertz CT molecular complexity index is 200. The van der Waals surface area contributed by atoms with E-state index >= 15 is 0 Å². The molecule has 0 heterocycles. The lowest BCUT2D eigenvalue weighted by Gasteiger charge is -2.69. The van der Waals surface area contributed by atoms with E-state index in [1.165, 1.54) is 0 Å². The van der Waals surface area contributed by atoms with E-state index in [-0.39, 0.29) is 11.5 Å². The average Bonchev–Trinajstić information content (AvgIpc) is 1.51. The van der Waals surface area contributed by atoms with Gasteiger partial charge < -0.3 is 10.2 Å². The highest BCUT2D eigenvalue weighted by molar-refractivity contribution is 5.79. The van der Waals surface area contributed by atoms with E-state index in [0.717, 1.165) is 0 Å². The van der Waals surface area contributed by atoms with Gasteiger partial charge in [-0.25, -0.2) is 0 Å². The number of aliphatic hydroxyl groups excluding tert-OH is 1. The topological polar surface area (TPSA) is 57.5 Å². The van der Waals surface area contributed by atoms with E-state index in [9.17, 15) is 9.90 Å². The maximum absolute atomic E-state index is 10.6. The van der Waals surface area contributed by atoms with Crippen LogP contribution in [0, 0.1) is 10.8 Å². The van der Waals surface area contributed by atoms with Crippen molar-refractivity contribution in [1.29, 1.82) is 0 Å². The maximum atomic E-state index is 10.6. The molecule has 2 N–H and O–H groups in total. The summed E-state index contributed by atoms with van der Waals surface area (Å²) in [5.74, 6) is -0.681. The molecule has 1 atom stereocenters. The molecule has 0 aromatic heterocycles. The number of aliphatic hydroxyl groups is 1. The minimum absolute atomic E-state index is 0.0155. The van der Waals surface area contributed by atoms with Crippen LogP contribution in [0.5, 0.6) is 0 Å². The number of aliphatic carboxylic acids is 1. The molecule has 3 aliphatic rings. The third kappa shape index (κ3) is 0.601. The average molecular weight is 156 g/mol. The molecule has 3 fully saturated rings. The fraction of sp³-hybridized carbons (Fsp3) is 0.875. The van der Waals surface area contributed by atoms with Gasteiger partial charge in [0.05, 0.1) is 11.5 Å². The molecule has 0 aromatic carbocycles. The highest BCUT2D eigenvalue weighted by Crippen LogP contribution is 2.74. The Morgan fingerprint density at radius 2 is 1.91 bits per heavy atom. The van der Waals surface area contributed by atoms with Crippen molar-refractivity contribution < 1.29 is 15.0 Å². The Hall–Kier alpha value is -0.570. The summed E-state index contributed by atoms with van der Waals surface area (Å²) in [7, 11) is 0. The van der Waals surface area contributed by atoms with Gasteiger partial charge in [-0.05, 0) is 31.6 Å². The van der Waals surface area contributed by atoms with E-state index in [1.54, 1.807) is 6.92 Å². The zero-order valence-electron chi connectivity index (χ0n) is 6.50. The number of carboxylic acids is 1. The maximum Gasteiger partial charge on any atom is 0.309 e. The van der Waals surface area contributed by atoms with Gasteiger partial charge in [0, 0.05) is 0 Å². The second-order valence-corrected chi connectivity index (χ2v) is 4.15. The van der Waals surface area contributed by atoms with E-state index in [1.807, 2.05) is 0 Å². The van der Waals surface area contributed by atoms with Crippen molar-refractivity contribution in [2.75, 3.05) is 0 Å². The highest BCUT2D eigenvalue weighted by atomic mass is 16.4. The quantitative estimate of drug-likeness (QED) is 0.616. The molecule has 0 saturated heterocycles. The van der Waals surface area contributed by atoms with E-state index in [2.05, 4.69) is 0 Å². The third-order valence-corrected chi connectivity index (χ3v) is 3.41. The first kappa shape index (κ1) is 7.10.